The lowest BCUT2D eigenvalue weighted by Crippen LogP contribution is -2.49. The van der Waals surface area contributed by atoms with E-state index in [0.717, 1.165) is 32.0 Å². The number of anilines is 2. The molecule has 0 bridgehead atoms. The van der Waals surface area contributed by atoms with Crippen LogP contribution in [0.1, 0.15) is 0 Å². The van der Waals surface area contributed by atoms with E-state index < -0.39 is 0 Å². The molecule has 0 unspecified atom stereocenters. The van der Waals surface area contributed by atoms with Crippen molar-refractivity contribution < 1.29 is 14.3 Å². The minimum atomic E-state index is -0.120. The van der Waals surface area contributed by atoms with Gasteiger partial charge in [-0.3, -0.25) is 14.7 Å². The third kappa shape index (κ3) is 4.78. The van der Waals surface area contributed by atoms with Gasteiger partial charge in [-0.05, 0) is 0 Å². The Labute approximate surface area is 163 Å². The highest BCUT2D eigenvalue weighted by Gasteiger charge is 2.21. The van der Waals surface area contributed by atoms with E-state index in [2.05, 4.69) is 25.1 Å². The molecule has 1 aliphatic rings. The first-order chi connectivity index (χ1) is 13.1. The zero-order valence-electron chi connectivity index (χ0n) is 15.3. The lowest BCUT2D eigenvalue weighted by atomic mass is 10.2. The Balaban J connectivity index is 1.56. The van der Waals surface area contributed by atoms with Crippen LogP contribution in [0.2, 0.25) is 5.02 Å². The minimum Gasteiger partial charge on any atom is -0.495 e. The molecule has 3 rings (SSSR count). The molecule has 0 saturated carbocycles. The van der Waals surface area contributed by atoms with Crippen LogP contribution in [-0.4, -0.2) is 67.7 Å². The monoisotopic (exact) mass is 391 g/mol. The molecule has 0 radical (unpaired) electrons. The van der Waals surface area contributed by atoms with Crippen LogP contribution >= 0.6 is 11.6 Å². The van der Waals surface area contributed by atoms with Crippen molar-refractivity contribution in [2.24, 2.45) is 0 Å². The predicted octanol–water partition coefficient (Wildman–Crippen LogP) is 1.91. The summed E-state index contributed by atoms with van der Waals surface area (Å²) in [5.74, 6) is 1.71. The summed E-state index contributed by atoms with van der Waals surface area (Å²) < 4.78 is 10.5. The lowest BCUT2D eigenvalue weighted by molar-refractivity contribution is -0.117. The molecule has 9 heteroatoms. The number of halogens is 1. The number of aromatic nitrogens is 2. The van der Waals surface area contributed by atoms with Crippen LogP contribution < -0.4 is 19.7 Å². The molecular weight excluding hydrogens is 370 g/mol. The Morgan fingerprint density at radius 1 is 1.15 bits per heavy atom. The summed E-state index contributed by atoms with van der Waals surface area (Å²) in [4.78, 5) is 25.1. The summed E-state index contributed by atoms with van der Waals surface area (Å²) >= 11 is 6.10. The van der Waals surface area contributed by atoms with Gasteiger partial charge in [0, 0.05) is 50.7 Å². The molecule has 144 valence electrons. The van der Waals surface area contributed by atoms with Crippen LogP contribution in [0.25, 0.3) is 0 Å². The van der Waals surface area contributed by atoms with Crippen molar-refractivity contribution in [1.82, 2.24) is 14.9 Å². The number of hydrogen-bond donors (Lipinski definition) is 1. The van der Waals surface area contributed by atoms with Crippen LogP contribution in [0.4, 0.5) is 11.5 Å². The number of rotatable bonds is 6. The zero-order valence-corrected chi connectivity index (χ0v) is 16.1. The average Bonchev–Trinajstić information content (AvgIpc) is 2.70. The molecule has 1 aromatic heterocycles. The molecule has 2 heterocycles. The van der Waals surface area contributed by atoms with Crippen LogP contribution in [0.3, 0.4) is 0 Å². The summed E-state index contributed by atoms with van der Waals surface area (Å²) in [5.41, 5.74) is 0.530. The number of carbonyl (C=O) groups is 1. The smallest absolute Gasteiger partial charge is 0.238 e. The van der Waals surface area contributed by atoms with E-state index in [1.165, 1.54) is 14.2 Å². The SMILES string of the molecule is COc1cc(NC(=O)CN2CCN(c3cnccn3)CC2)c(OC)cc1Cl. The van der Waals surface area contributed by atoms with Gasteiger partial charge in [-0.15, -0.1) is 0 Å². The van der Waals surface area contributed by atoms with Gasteiger partial charge in [0.05, 0.1) is 37.7 Å². The van der Waals surface area contributed by atoms with E-state index in [1.54, 1.807) is 30.7 Å². The Morgan fingerprint density at radius 2 is 1.89 bits per heavy atom. The number of nitrogens with zero attached hydrogens (tertiary/aromatic N) is 4. The normalized spacial score (nSPS) is 14.7. The largest absolute Gasteiger partial charge is 0.495 e. The molecule has 1 fully saturated rings. The molecule has 0 atom stereocenters. The van der Waals surface area contributed by atoms with Gasteiger partial charge in [0.25, 0.3) is 0 Å². The number of ether oxygens (including phenoxy) is 2. The second-order valence-corrected chi connectivity index (χ2v) is 6.47. The Morgan fingerprint density at radius 3 is 2.52 bits per heavy atom. The molecule has 8 nitrogen and oxygen atoms in total. The van der Waals surface area contributed by atoms with Crippen molar-refractivity contribution in [3.63, 3.8) is 0 Å². The average molecular weight is 392 g/mol. The van der Waals surface area contributed by atoms with E-state index in [9.17, 15) is 4.79 Å². The quantitative estimate of drug-likeness (QED) is 0.805. The molecule has 0 spiro atoms. The van der Waals surface area contributed by atoms with Crippen molar-refractivity contribution >= 4 is 29.0 Å². The van der Waals surface area contributed by atoms with Crippen LogP contribution in [0, 0.1) is 0 Å². The van der Waals surface area contributed by atoms with E-state index in [1.807, 2.05) is 0 Å². The molecular formula is C18H22ClN5O3. The van der Waals surface area contributed by atoms with E-state index in [-0.39, 0.29) is 5.91 Å². The molecule has 1 saturated heterocycles. The fourth-order valence-electron chi connectivity index (χ4n) is 2.94. The third-order valence-corrected chi connectivity index (χ3v) is 4.66. The Bertz CT molecular complexity index is 782. The number of nitrogens with one attached hydrogen (secondary N) is 1. The third-order valence-electron chi connectivity index (χ3n) is 4.36. The highest BCUT2D eigenvalue weighted by atomic mass is 35.5. The highest BCUT2D eigenvalue weighted by Crippen LogP contribution is 2.35. The maximum Gasteiger partial charge on any atom is 0.238 e. The van der Waals surface area contributed by atoms with Gasteiger partial charge >= 0.3 is 0 Å². The molecule has 1 aromatic carbocycles. The van der Waals surface area contributed by atoms with Crippen LogP contribution in [-0.2, 0) is 4.79 Å². The van der Waals surface area contributed by atoms with Gasteiger partial charge in [0.1, 0.15) is 17.3 Å². The van der Waals surface area contributed by atoms with Crippen molar-refractivity contribution in [2.75, 3.05) is 57.2 Å². The summed E-state index contributed by atoms with van der Waals surface area (Å²) in [6.07, 6.45) is 5.09. The van der Waals surface area contributed by atoms with E-state index >= 15 is 0 Å². The molecule has 0 aliphatic carbocycles. The van der Waals surface area contributed by atoms with Crippen molar-refractivity contribution in [1.29, 1.82) is 0 Å². The number of hydrogen-bond acceptors (Lipinski definition) is 7. The first kappa shape index (κ1) is 19.2. The van der Waals surface area contributed by atoms with Gasteiger partial charge < -0.3 is 19.7 Å². The van der Waals surface area contributed by atoms with Gasteiger partial charge in [-0.25, -0.2) is 4.98 Å². The number of amides is 1. The molecule has 1 N–H and O–H groups in total. The maximum absolute atomic E-state index is 12.5. The first-order valence-electron chi connectivity index (χ1n) is 8.55. The Hall–Kier alpha value is -2.58. The zero-order chi connectivity index (χ0) is 19.2. The van der Waals surface area contributed by atoms with E-state index in [0.29, 0.717) is 28.8 Å². The number of piperazine rings is 1. The number of benzene rings is 1. The summed E-state index contributed by atoms with van der Waals surface area (Å²) in [6.45, 7) is 3.42. The van der Waals surface area contributed by atoms with Gasteiger partial charge in [-0.1, -0.05) is 11.6 Å². The van der Waals surface area contributed by atoms with Crippen molar-refractivity contribution in [3.05, 3.63) is 35.7 Å². The second-order valence-electron chi connectivity index (χ2n) is 6.06. The van der Waals surface area contributed by atoms with Crippen molar-refractivity contribution in [3.8, 4) is 11.5 Å². The van der Waals surface area contributed by atoms with Gasteiger partial charge in [0.2, 0.25) is 5.91 Å². The minimum absolute atomic E-state index is 0.120. The number of carbonyl (C=O) groups excluding carboxylic acids is 1. The van der Waals surface area contributed by atoms with Crippen molar-refractivity contribution in [2.45, 2.75) is 0 Å². The summed E-state index contributed by atoms with van der Waals surface area (Å²) in [6, 6.07) is 3.28. The standard InChI is InChI=1S/C18H22ClN5O3/c1-26-15-10-14(16(27-2)9-13(15)19)22-18(25)12-23-5-7-24(8-6-23)17-11-20-3-4-21-17/h3-4,9-11H,5-8,12H2,1-2H3,(H,22,25). The first-order valence-corrected chi connectivity index (χ1v) is 8.93. The van der Waals surface area contributed by atoms with Crippen LogP contribution in [0.5, 0.6) is 11.5 Å². The fraction of sp³-hybridized carbons (Fsp3) is 0.389. The Kier molecular flexibility index (Phi) is 6.31. The van der Waals surface area contributed by atoms with Gasteiger partial charge in [0.15, 0.2) is 0 Å². The molecule has 27 heavy (non-hydrogen) atoms. The predicted molar refractivity (Wildman–Crippen MR) is 104 cm³/mol. The summed E-state index contributed by atoms with van der Waals surface area (Å²) in [7, 11) is 3.05. The highest BCUT2D eigenvalue weighted by molar-refractivity contribution is 6.32. The molecule has 2 aromatic rings. The topological polar surface area (TPSA) is 79.8 Å². The van der Waals surface area contributed by atoms with Crippen LogP contribution in [0.15, 0.2) is 30.7 Å². The van der Waals surface area contributed by atoms with Gasteiger partial charge in [-0.2, -0.15) is 0 Å². The molecule has 1 amide bonds. The maximum atomic E-state index is 12.5. The summed E-state index contributed by atoms with van der Waals surface area (Å²) in [5, 5.41) is 3.30. The molecule has 1 aliphatic heterocycles. The second kappa shape index (κ2) is 8.88. The lowest BCUT2D eigenvalue weighted by Gasteiger charge is -2.34. The van der Waals surface area contributed by atoms with E-state index in [4.69, 9.17) is 21.1 Å². The fourth-order valence-corrected chi connectivity index (χ4v) is 3.17. The number of methoxy groups -OCH3 is 2.